The third-order valence-corrected chi connectivity index (χ3v) is 5.91. The number of esters is 1. The maximum Gasteiger partial charge on any atom is 0.330 e. The van der Waals surface area contributed by atoms with E-state index in [0.29, 0.717) is 18.6 Å². The second kappa shape index (κ2) is 11.2. The smallest absolute Gasteiger partial charge is 0.330 e. The lowest BCUT2D eigenvalue weighted by Crippen LogP contribution is -2.55. The summed E-state index contributed by atoms with van der Waals surface area (Å²) in [5.41, 5.74) is 2.62. The molecule has 34 heavy (non-hydrogen) atoms. The average Bonchev–Trinajstić information content (AvgIpc) is 3.27. The molecule has 3 N–H and O–H groups in total. The Hall–Kier alpha value is -3.39. The maximum absolute atomic E-state index is 13.0. The number of aliphatic hydroxyl groups excluding tert-OH is 1. The van der Waals surface area contributed by atoms with Gasteiger partial charge in [0.15, 0.2) is 11.6 Å². The van der Waals surface area contributed by atoms with Crippen molar-refractivity contribution in [2.24, 2.45) is 0 Å². The standard InChI is InChI=1S/C26H32N2O6/c1-17-12-18(2)14-20(13-17)27-23(30)15-19-6-8-21(9-7-19)34-26(10-4-5-11-26)25(32)28-22(16-29)24(31)33-3/h6-9,12-14,22,29H,4-5,10-11,15-16H2,1-3H3,(H,27,30)(H,28,32)/t22-/m0/s1. The zero-order valence-electron chi connectivity index (χ0n) is 19.8. The van der Waals surface area contributed by atoms with E-state index in [2.05, 4.69) is 15.4 Å². The van der Waals surface area contributed by atoms with Gasteiger partial charge in [0, 0.05) is 5.69 Å². The number of carbonyl (C=O) groups excluding carboxylic acids is 3. The molecule has 0 spiro atoms. The number of carbonyl (C=O) groups is 3. The SMILES string of the molecule is COC(=O)[C@H](CO)NC(=O)C1(Oc2ccc(CC(=O)Nc3cc(C)cc(C)c3)cc2)CCCC1. The number of methoxy groups -OCH3 is 1. The summed E-state index contributed by atoms with van der Waals surface area (Å²) < 4.78 is 10.7. The van der Waals surface area contributed by atoms with E-state index >= 15 is 0 Å². The molecule has 0 unspecified atom stereocenters. The second-order valence-electron chi connectivity index (χ2n) is 8.78. The van der Waals surface area contributed by atoms with Crippen LogP contribution in [0.1, 0.15) is 42.4 Å². The van der Waals surface area contributed by atoms with Crippen LogP contribution in [0.2, 0.25) is 0 Å². The Labute approximate surface area is 199 Å². The zero-order valence-corrected chi connectivity index (χ0v) is 19.8. The molecule has 0 aromatic heterocycles. The third kappa shape index (κ3) is 6.35. The van der Waals surface area contributed by atoms with Gasteiger partial charge in [0.2, 0.25) is 5.91 Å². The molecule has 2 amide bonds. The van der Waals surface area contributed by atoms with Crippen molar-refractivity contribution in [2.75, 3.05) is 19.0 Å². The van der Waals surface area contributed by atoms with Crippen LogP contribution in [0.5, 0.6) is 5.75 Å². The number of nitrogens with one attached hydrogen (secondary N) is 2. The van der Waals surface area contributed by atoms with Crippen molar-refractivity contribution >= 4 is 23.5 Å². The fourth-order valence-corrected chi connectivity index (χ4v) is 4.27. The van der Waals surface area contributed by atoms with Crippen LogP contribution in [-0.2, 0) is 25.5 Å². The molecule has 3 rings (SSSR count). The third-order valence-electron chi connectivity index (χ3n) is 5.91. The lowest BCUT2D eigenvalue weighted by molar-refractivity contribution is -0.149. The van der Waals surface area contributed by atoms with E-state index < -0.39 is 30.1 Å². The first kappa shape index (κ1) is 25.2. The van der Waals surface area contributed by atoms with Crippen LogP contribution in [0.4, 0.5) is 5.69 Å². The molecule has 8 nitrogen and oxygen atoms in total. The van der Waals surface area contributed by atoms with E-state index in [0.717, 1.165) is 35.2 Å². The molecule has 0 radical (unpaired) electrons. The first-order valence-corrected chi connectivity index (χ1v) is 11.4. The second-order valence-corrected chi connectivity index (χ2v) is 8.78. The van der Waals surface area contributed by atoms with Crippen molar-refractivity contribution in [1.82, 2.24) is 5.32 Å². The Bertz CT molecular complexity index is 1010. The number of benzene rings is 2. The van der Waals surface area contributed by atoms with Gasteiger partial charge in [-0.25, -0.2) is 4.79 Å². The number of amides is 2. The summed E-state index contributed by atoms with van der Waals surface area (Å²) in [7, 11) is 1.20. The normalized spacial score (nSPS) is 15.3. The van der Waals surface area contributed by atoms with Gasteiger partial charge < -0.3 is 25.2 Å². The van der Waals surface area contributed by atoms with Gasteiger partial charge in [0.25, 0.3) is 5.91 Å². The number of aryl methyl sites for hydroxylation is 2. The highest BCUT2D eigenvalue weighted by Crippen LogP contribution is 2.35. The Balaban J connectivity index is 1.64. The van der Waals surface area contributed by atoms with E-state index in [-0.39, 0.29) is 12.3 Å². The molecule has 1 atom stereocenters. The largest absolute Gasteiger partial charge is 0.477 e. The van der Waals surface area contributed by atoms with Crippen LogP contribution in [0.3, 0.4) is 0 Å². The molecule has 2 aromatic rings. The maximum atomic E-state index is 13.0. The summed E-state index contributed by atoms with van der Waals surface area (Å²) in [4.78, 5) is 37.2. The molecule has 0 saturated heterocycles. The van der Waals surface area contributed by atoms with Gasteiger partial charge in [0.05, 0.1) is 20.1 Å². The van der Waals surface area contributed by atoms with E-state index in [4.69, 9.17) is 4.74 Å². The van der Waals surface area contributed by atoms with Gasteiger partial charge in [-0.05, 0) is 80.5 Å². The molecule has 1 aliphatic rings. The Morgan fingerprint density at radius 1 is 1.03 bits per heavy atom. The predicted molar refractivity (Wildman–Crippen MR) is 128 cm³/mol. The van der Waals surface area contributed by atoms with Crippen molar-refractivity contribution in [1.29, 1.82) is 0 Å². The van der Waals surface area contributed by atoms with Gasteiger partial charge in [0.1, 0.15) is 5.75 Å². The predicted octanol–water partition coefficient (Wildman–Crippen LogP) is 2.83. The molecule has 0 bridgehead atoms. The zero-order chi connectivity index (χ0) is 24.7. The molecule has 0 aliphatic heterocycles. The monoisotopic (exact) mass is 468 g/mol. The van der Waals surface area contributed by atoms with Crippen molar-refractivity contribution in [2.45, 2.75) is 57.6 Å². The molecule has 1 fully saturated rings. The molecular formula is C26H32N2O6. The molecule has 0 heterocycles. The first-order valence-electron chi connectivity index (χ1n) is 11.4. The van der Waals surface area contributed by atoms with Crippen LogP contribution in [-0.4, -0.2) is 48.2 Å². The van der Waals surface area contributed by atoms with E-state index in [9.17, 15) is 19.5 Å². The highest BCUT2D eigenvalue weighted by atomic mass is 16.5. The van der Waals surface area contributed by atoms with Crippen LogP contribution < -0.4 is 15.4 Å². The number of rotatable bonds is 9. The summed E-state index contributed by atoms with van der Waals surface area (Å²) in [6.07, 6.45) is 2.82. The van der Waals surface area contributed by atoms with E-state index in [1.807, 2.05) is 32.0 Å². The molecule has 1 aliphatic carbocycles. The van der Waals surface area contributed by atoms with Gasteiger partial charge in [-0.1, -0.05) is 18.2 Å². The Kier molecular flexibility index (Phi) is 8.28. The molecule has 1 saturated carbocycles. The molecule has 8 heteroatoms. The Morgan fingerprint density at radius 3 is 2.21 bits per heavy atom. The Morgan fingerprint density at radius 2 is 1.65 bits per heavy atom. The quantitative estimate of drug-likeness (QED) is 0.488. The summed E-state index contributed by atoms with van der Waals surface area (Å²) in [6, 6.07) is 11.8. The summed E-state index contributed by atoms with van der Waals surface area (Å²) in [5.74, 6) is -0.795. The average molecular weight is 469 g/mol. The first-order chi connectivity index (χ1) is 16.2. The topological polar surface area (TPSA) is 114 Å². The number of anilines is 1. The lowest BCUT2D eigenvalue weighted by Gasteiger charge is -2.30. The molecule has 182 valence electrons. The molecule has 2 aromatic carbocycles. The van der Waals surface area contributed by atoms with Crippen LogP contribution in [0.15, 0.2) is 42.5 Å². The number of hydrogen-bond acceptors (Lipinski definition) is 6. The fraction of sp³-hybridized carbons (Fsp3) is 0.423. The summed E-state index contributed by atoms with van der Waals surface area (Å²) in [5, 5.41) is 14.9. The number of hydrogen-bond donors (Lipinski definition) is 3. The molecular weight excluding hydrogens is 436 g/mol. The minimum Gasteiger partial charge on any atom is -0.477 e. The highest BCUT2D eigenvalue weighted by Gasteiger charge is 2.45. The number of ether oxygens (including phenoxy) is 2. The minimum atomic E-state index is -1.14. The van der Waals surface area contributed by atoms with Crippen molar-refractivity contribution in [3.63, 3.8) is 0 Å². The van der Waals surface area contributed by atoms with E-state index in [1.165, 1.54) is 7.11 Å². The van der Waals surface area contributed by atoms with Crippen LogP contribution in [0, 0.1) is 13.8 Å². The van der Waals surface area contributed by atoms with Gasteiger partial charge in [-0.3, -0.25) is 9.59 Å². The van der Waals surface area contributed by atoms with Crippen LogP contribution in [0.25, 0.3) is 0 Å². The number of aliphatic hydroxyl groups is 1. The van der Waals surface area contributed by atoms with Crippen molar-refractivity contribution < 1.29 is 29.0 Å². The summed E-state index contributed by atoms with van der Waals surface area (Å²) in [6.45, 7) is 3.41. The van der Waals surface area contributed by atoms with Crippen molar-refractivity contribution in [3.8, 4) is 5.75 Å². The fourth-order valence-electron chi connectivity index (χ4n) is 4.27. The van der Waals surface area contributed by atoms with E-state index in [1.54, 1.807) is 24.3 Å². The lowest BCUT2D eigenvalue weighted by atomic mass is 10.00. The summed E-state index contributed by atoms with van der Waals surface area (Å²) >= 11 is 0. The minimum absolute atomic E-state index is 0.122. The van der Waals surface area contributed by atoms with Crippen molar-refractivity contribution in [3.05, 3.63) is 59.2 Å². The highest BCUT2D eigenvalue weighted by molar-refractivity contribution is 5.92. The van der Waals surface area contributed by atoms with Gasteiger partial charge in [-0.2, -0.15) is 0 Å². The van der Waals surface area contributed by atoms with Gasteiger partial charge in [-0.15, -0.1) is 0 Å². The van der Waals surface area contributed by atoms with Gasteiger partial charge >= 0.3 is 5.97 Å². The van der Waals surface area contributed by atoms with Crippen LogP contribution >= 0.6 is 0 Å².